The number of aryl methyl sites for hydroxylation is 1. The van der Waals surface area contributed by atoms with E-state index in [-0.39, 0.29) is 11.9 Å². The number of aromatic nitrogens is 3. The van der Waals surface area contributed by atoms with Gasteiger partial charge in [-0.1, -0.05) is 72.8 Å². The molecule has 0 fully saturated rings. The first-order valence-electron chi connectivity index (χ1n) is 10.2. The lowest BCUT2D eigenvalue weighted by atomic mass is 10.0. The SMILES string of the molecule is C[C@@H](NC(=O)CSc1nnc2n1CCCCC2)c1ccc(-c2ccccc2)cc1. The molecule has 1 aromatic heterocycles. The summed E-state index contributed by atoms with van der Waals surface area (Å²) in [5.41, 5.74) is 3.47. The van der Waals surface area contributed by atoms with Gasteiger partial charge in [0.25, 0.3) is 0 Å². The molecule has 1 aliphatic rings. The van der Waals surface area contributed by atoms with Crippen LogP contribution in [0.4, 0.5) is 0 Å². The Kier molecular flexibility index (Phi) is 6.30. The fourth-order valence-electron chi connectivity index (χ4n) is 3.66. The Labute approximate surface area is 175 Å². The summed E-state index contributed by atoms with van der Waals surface area (Å²) in [6, 6.07) is 18.6. The van der Waals surface area contributed by atoms with Crippen molar-refractivity contribution in [1.82, 2.24) is 20.1 Å². The van der Waals surface area contributed by atoms with Crippen molar-refractivity contribution < 1.29 is 4.79 Å². The number of hydrogen-bond acceptors (Lipinski definition) is 4. The van der Waals surface area contributed by atoms with Crippen LogP contribution in [0, 0.1) is 0 Å². The highest BCUT2D eigenvalue weighted by Gasteiger charge is 2.17. The van der Waals surface area contributed by atoms with Gasteiger partial charge in [0.2, 0.25) is 5.91 Å². The smallest absolute Gasteiger partial charge is 0.230 e. The first kappa shape index (κ1) is 19.7. The van der Waals surface area contributed by atoms with Crippen molar-refractivity contribution in [1.29, 1.82) is 0 Å². The van der Waals surface area contributed by atoms with Gasteiger partial charge in [0, 0.05) is 13.0 Å². The van der Waals surface area contributed by atoms with E-state index >= 15 is 0 Å². The number of nitrogens with zero attached hydrogens (tertiary/aromatic N) is 3. The number of carbonyl (C=O) groups excluding carboxylic acids is 1. The van der Waals surface area contributed by atoms with Crippen LogP contribution in [-0.4, -0.2) is 26.4 Å². The maximum absolute atomic E-state index is 12.5. The highest BCUT2D eigenvalue weighted by Crippen LogP contribution is 2.23. The summed E-state index contributed by atoms with van der Waals surface area (Å²) in [6.07, 6.45) is 4.54. The third kappa shape index (κ3) is 4.88. The van der Waals surface area contributed by atoms with E-state index in [9.17, 15) is 4.79 Å². The van der Waals surface area contributed by atoms with E-state index in [2.05, 4.69) is 56.5 Å². The van der Waals surface area contributed by atoms with Crippen LogP contribution < -0.4 is 5.32 Å². The summed E-state index contributed by atoms with van der Waals surface area (Å²) in [6.45, 7) is 2.97. The maximum atomic E-state index is 12.5. The van der Waals surface area contributed by atoms with Crippen molar-refractivity contribution in [2.75, 3.05) is 5.75 Å². The van der Waals surface area contributed by atoms with Crippen LogP contribution in [0.3, 0.4) is 0 Å². The second-order valence-corrected chi connectivity index (χ2v) is 8.37. The van der Waals surface area contributed by atoms with Crippen molar-refractivity contribution in [2.45, 2.75) is 50.4 Å². The Hall–Kier alpha value is -2.60. The molecule has 29 heavy (non-hydrogen) atoms. The molecule has 1 atom stereocenters. The minimum Gasteiger partial charge on any atom is -0.349 e. The first-order valence-corrected chi connectivity index (χ1v) is 11.2. The van der Waals surface area contributed by atoms with Gasteiger partial charge in [0.1, 0.15) is 5.82 Å². The van der Waals surface area contributed by atoms with Crippen LogP contribution >= 0.6 is 11.8 Å². The molecule has 1 aliphatic heterocycles. The molecule has 2 heterocycles. The van der Waals surface area contributed by atoms with E-state index in [1.165, 1.54) is 35.7 Å². The zero-order valence-electron chi connectivity index (χ0n) is 16.7. The molecule has 3 aromatic rings. The second-order valence-electron chi connectivity index (χ2n) is 7.43. The summed E-state index contributed by atoms with van der Waals surface area (Å²) in [4.78, 5) is 12.5. The Morgan fingerprint density at radius 1 is 1.03 bits per heavy atom. The van der Waals surface area contributed by atoms with E-state index in [4.69, 9.17) is 0 Å². The van der Waals surface area contributed by atoms with Gasteiger partial charge < -0.3 is 9.88 Å². The van der Waals surface area contributed by atoms with E-state index in [1.54, 1.807) is 0 Å². The lowest BCUT2D eigenvalue weighted by Crippen LogP contribution is -2.28. The van der Waals surface area contributed by atoms with Gasteiger partial charge in [-0.2, -0.15) is 0 Å². The Bertz CT molecular complexity index is 953. The highest BCUT2D eigenvalue weighted by molar-refractivity contribution is 7.99. The van der Waals surface area contributed by atoms with E-state index in [0.717, 1.165) is 35.9 Å². The molecule has 150 valence electrons. The summed E-state index contributed by atoms with van der Waals surface area (Å²) in [5.74, 6) is 1.42. The molecule has 6 heteroatoms. The minimum atomic E-state index is -0.0385. The fourth-order valence-corrected chi connectivity index (χ4v) is 4.45. The number of hydrogen-bond donors (Lipinski definition) is 1. The molecule has 0 spiro atoms. The van der Waals surface area contributed by atoms with Gasteiger partial charge in [-0.05, 0) is 36.5 Å². The number of amides is 1. The molecule has 5 nitrogen and oxygen atoms in total. The van der Waals surface area contributed by atoms with Crippen molar-refractivity contribution >= 4 is 17.7 Å². The molecule has 1 amide bonds. The summed E-state index contributed by atoms with van der Waals surface area (Å²) < 4.78 is 2.18. The van der Waals surface area contributed by atoms with Crippen LogP contribution in [0.1, 0.15) is 43.6 Å². The molecule has 0 unspecified atom stereocenters. The average Bonchev–Trinajstić information content (AvgIpc) is 2.99. The molecule has 0 bridgehead atoms. The average molecular weight is 407 g/mol. The largest absolute Gasteiger partial charge is 0.349 e. The minimum absolute atomic E-state index is 0.0145. The third-order valence-corrected chi connectivity index (χ3v) is 6.27. The number of rotatable bonds is 6. The van der Waals surface area contributed by atoms with Gasteiger partial charge >= 0.3 is 0 Å². The number of carbonyl (C=O) groups is 1. The zero-order valence-corrected chi connectivity index (χ0v) is 17.5. The fraction of sp³-hybridized carbons (Fsp3) is 0.348. The maximum Gasteiger partial charge on any atom is 0.230 e. The first-order chi connectivity index (χ1) is 14.2. The molecule has 4 rings (SSSR count). The Morgan fingerprint density at radius 2 is 1.79 bits per heavy atom. The number of nitrogens with one attached hydrogen (secondary N) is 1. The standard InChI is InChI=1S/C23H26N4OS/c1-17(18-11-13-20(14-12-18)19-8-4-2-5-9-19)24-22(28)16-29-23-26-25-21-10-6-3-7-15-27(21)23/h2,4-5,8-9,11-14,17H,3,6-7,10,15-16H2,1H3,(H,24,28)/t17-/m1/s1. The van der Waals surface area contributed by atoms with E-state index < -0.39 is 0 Å². The molecule has 0 saturated heterocycles. The van der Waals surface area contributed by atoms with E-state index in [0.29, 0.717) is 5.75 Å². The summed E-state index contributed by atoms with van der Waals surface area (Å²) >= 11 is 1.47. The zero-order chi connectivity index (χ0) is 20.1. The molecule has 1 N–H and O–H groups in total. The predicted octanol–water partition coefficient (Wildman–Crippen LogP) is 4.64. The van der Waals surface area contributed by atoms with Gasteiger partial charge in [-0.3, -0.25) is 4.79 Å². The predicted molar refractivity (Wildman–Crippen MR) is 117 cm³/mol. The van der Waals surface area contributed by atoms with Crippen LogP contribution in [0.5, 0.6) is 0 Å². The molecular weight excluding hydrogens is 380 g/mol. The monoisotopic (exact) mass is 406 g/mol. The Morgan fingerprint density at radius 3 is 2.59 bits per heavy atom. The summed E-state index contributed by atoms with van der Waals surface area (Å²) in [5, 5.41) is 12.5. The van der Waals surface area contributed by atoms with Crippen molar-refractivity contribution in [3.63, 3.8) is 0 Å². The van der Waals surface area contributed by atoms with Crippen LogP contribution in [0.15, 0.2) is 59.8 Å². The van der Waals surface area contributed by atoms with Gasteiger partial charge in [-0.15, -0.1) is 10.2 Å². The number of benzene rings is 2. The van der Waals surface area contributed by atoms with Gasteiger partial charge in [0.15, 0.2) is 5.16 Å². The molecule has 0 radical (unpaired) electrons. The highest BCUT2D eigenvalue weighted by atomic mass is 32.2. The van der Waals surface area contributed by atoms with Gasteiger partial charge in [0.05, 0.1) is 11.8 Å². The van der Waals surface area contributed by atoms with E-state index in [1.807, 2.05) is 25.1 Å². The molecular formula is C23H26N4OS. The van der Waals surface area contributed by atoms with Crippen molar-refractivity contribution in [3.05, 3.63) is 66.0 Å². The Balaban J connectivity index is 1.32. The van der Waals surface area contributed by atoms with Crippen LogP contribution in [0.25, 0.3) is 11.1 Å². The number of fused-ring (bicyclic) bond motifs is 1. The lowest BCUT2D eigenvalue weighted by molar-refractivity contribution is -0.119. The number of thioether (sulfide) groups is 1. The molecule has 0 aliphatic carbocycles. The lowest BCUT2D eigenvalue weighted by Gasteiger charge is -2.15. The van der Waals surface area contributed by atoms with Crippen LogP contribution in [0.2, 0.25) is 0 Å². The van der Waals surface area contributed by atoms with Crippen molar-refractivity contribution in [3.8, 4) is 11.1 Å². The summed E-state index contributed by atoms with van der Waals surface area (Å²) in [7, 11) is 0. The third-order valence-electron chi connectivity index (χ3n) is 5.30. The molecule has 2 aromatic carbocycles. The van der Waals surface area contributed by atoms with Crippen molar-refractivity contribution in [2.24, 2.45) is 0 Å². The van der Waals surface area contributed by atoms with Crippen LogP contribution in [-0.2, 0) is 17.8 Å². The topological polar surface area (TPSA) is 59.8 Å². The molecule has 0 saturated carbocycles. The quantitative estimate of drug-likeness (QED) is 0.606. The second kappa shape index (κ2) is 9.27. The van der Waals surface area contributed by atoms with Gasteiger partial charge in [-0.25, -0.2) is 0 Å². The normalized spacial score (nSPS) is 14.7.